The summed E-state index contributed by atoms with van der Waals surface area (Å²) in [6.45, 7) is 4.58. The maximum atomic E-state index is 14.1. The van der Waals surface area contributed by atoms with Crippen LogP contribution in [0.1, 0.15) is 17.5 Å². The molecule has 0 aliphatic carbocycles. The smallest absolute Gasteiger partial charge is 0.130 e. The van der Waals surface area contributed by atoms with E-state index >= 15 is 0 Å². The van der Waals surface area contributed by atoms with E-state index in [2.05, 4.69) is 49.4 Å². The minimum atomic E-state index is -0.521. The van der Waals surface area contributed by atoms with Crippen LogP contribution in [-0.2, 0) is 13.0 Å². The second-order valence-electron chi connectivity index (χ2n) is 9.24. The lowest BCUT2D eigenvalue weighted by Crippen LogP contribution is -2.36. The number of benzene rings is 2. The summed E-state index contributed by atoms with van der Waals surface area (Å²) in [5.74, 6) is -0.349. The molecule has 2 aliphatic rings. The van der Waals surface area contributed by atoms with Crippen LogP contribution in [0.3, 0.4) is 0 Å². The van der Waals surface area contributed by atoms with Gasteiger partial charge in [0.25, 0.3) is 0 Å². The Morgan fingerprint density at radius 1 is 1.00 bits per heavy atom. The molecular formula is C25H26F2N6. The van der Waals surface area contributed by atoms with Crippen molar-refractivity contribution in [3.8, 4) is 5.69 Å². The van der Waals surface area contributed by atoms with Gasteiger partial charge in [-0.25, -0.2) is 8.78 Å². The average molecular weight is 449 g/mol. The number of hydrogen-bond acceptors (Lipinski definition) is 4. The van der Waals surface area contributed by atoms with Gasteiger partial charge in [-0.15, -0.1) is 10.2 Å². The molecule has 0 bridgehead atoms. The van der Waals surface area contributed by atoms with Crippen LogP contribution in [0.2, 0.25) is 0 Å². The Bertz CT molecular complexity index is 1270. The van der Waals surface area contributed by atoms with Crippen molar-refractivity contribution in [3.05, 3.63) is 78.0 Å². The van der Waals surface area contributed by atoms with Gasteiger partial charge >= 0.3 is 0 Å². The van der Waals surface area contributed by atoms with Gasteiger partial charge in [0.1, 0.15) is 24.3 Å². The molecule has 8 heteroatoms. The number of nitrogens with zero attached hydrogens (tertiary/aromatic N) is 5. The fourth-order valence-electron chi connectivity index (χ4n) is 5.57. The van der Waals surface area contributed by atoms with Gasteiger partial charge in [0.2, 0.25) is 0 Å². The Morgan fingerprint density at radius 3 is 2.73 bits per heavy atom. The molecular weight excluding hydrogens is 422 g/mol. The zero-order valence-electron chi connectivity index (χ0n) is 18.3. The van der Waals surface area contributed by atoms with E-state index in [1.807, 2.05) is 4.57 Å². The topological polar surface area (TPSA) is 53.0 Å². The van der Waals surface area contributed by atoms with E-state index in [1.54, 1.807) is 18.7 Å². The quantitative estimate of drug-likeness (QED) is 0.488. The number of aromatic nitrogens is 4. The summed E-state index contributed by atoms with van der Waals surface area (Å²) in [5.41, 5.74) is 4.07. The SMILES string of the molecule is Fc1ccc(CN2CC3CCN(CCc4c[nH]c5ccc(-n6cnnc6)cc45)C3C2)c(F)c1. The fraction of sp³-hybridized carbons (Fsp3) is 0.360. The first-order chi connectivity index (χ1) is 16.1. The third kappa shape index (κ3) is 3.94. The van der Waals surface area contributed by atoms with Crippen LogP contribution in [0, 0.1) is 17.6 Å². The summed E-state index contributed by atoms with van der Waals surface area (Å²) < 4.78 is 29.2. The minimum absolute atomic E-state index is 0.450. The highest BCUT2D eigenvalue weighted by Crippen LogP contribution is 2.33. The van der Waals surface area contributed by atoms with Crippen LogP contribution < -0.4 is 0 Å². The third-order valence-electron chi connectivity index (χ3n) is 7.28. The van der Waals surface area contributed by atoms with Crippen molar-refractivity contribution < 1.29 is 8.78 Å². The number of fused-ring (bicyclic) bond motifs is 2. The molecule has 2 atom stereocenters. The molecule has 170 valence electrons. The lowest BCUT2D eigenvalue weighted by atomic mass is 10.0. The van der Waals surface area contributed by atoms with Crippen LogP contribution in [-0.4, -0.2) is 61.8 Å². The number of rotatable bonds is 6. The Hall–Kier alpha value is -3.10. The molecule has 0 saturated carbocycles. The van der Waals surface area contributed by atoms with Crippen molar-refractivity contribution in [2.24, 2.45) is 5.92 Å². The molecule has 2 saturated heterocycles. The van der Waals surface area contributed by atoms with E-state index in [0.717, 1.165) is 49.9 Å². The molecule has 0 amide bonds. The number of halogens is 2. The molecule has 2 aromatic heterocycles. The van der Waals surface area contributed by atoms with Gasteiger partial charge in [-0.05, 0) is 55.1 Å². The summed E-state index contributed by atoms with van der Waals surface area (Å²) in [5, 5.41) is 9.05. The maximum absolute atomic E-state index is 14.1. The minimum Gasteiger partial charge on any atom is -0.361 e. The third-order valence-corrected chi connectivity index (χ3v) is 7.28. The van der Waals surface area contributed by atoms with Gasteiger partial charge in [-0.3, -0.25) is 14.4 Å². The average Bonchev–Trinajstić information content (AvgIpc) is 3.59. The van der Waals surface area contributed by atoms with Crippen LogP contribution in [0.5, 0.6) is 0 Å². The van der Waals surface area contributed by atoms with Crippen molar-refractivity contribution in [3.63, 3.8) is 0 Å². The monoisotopic (exact) mass is 448 g/mol. The second-order valence-corrected chi connectivity index (χ2v) is 9.24. The molecule has 6 rings (SSSR count). The van der Waals surface area contributed by atoms with Gasteiger partial charge < -0.3 is 4.98 Å². The summed E-state index contributed by atoms with van der Waals surface area (Å²) in [6.07, 6.45) is 7.69. The number of aromatic amines is 1. The van der Waals surface area contributed by atoms with Crippen molar-refractivity contribution >= 4 is 10.9 Å². The largest absolute Gasteiger partial charge is 0.361 e. The Kier molecular flexibility index (Phi) is 5.19. The highest BCUT2D eigenvalue weighted by Gasteiger charge is 2.40. The highest BCUT2D eigenvalue weighted by molar-refractivity contribution is 5.85. The van der Waals surface area contributed by atoms with Gasteiger partial charge in [0.15, 0.2) is 0 Å². The number of likely N-dealkylation sites (tertiary alicyclic amines) is 2. The Balaban J connectivity index is 1.12. The van der Waals surface area contributed by atoms with Crippen molar-refractivity contribution in [1.82, 2.24) is 29.5 Å². The van der Waals surface area contributed by atoms with Crippen LogP contribution in [0.25, 0.3) is 16.6 Å². The van der Waals surface area contributed by atoms with Gasteiger partial charge in [-0.1, -0.05) is 6.07 Å². The first-order valence-corrected chi connectivity index (χ1v) is 11.5. The van der Waals surface area contributed by atoms with E-state index in [1.165, 1.54) is 23.4 Å². The van der Waals surface area contributed by atoms with Crippen molar-refractivity contribution in [2.75, 3.05) is 26.2 Å². The molecule has 2 fully saturated rings. The molecule has 6 nitrogen and oxygen atoms in total. The summed E-state index contributed by atoms with van der Waals surface area (Å²) >= 11 is 0. The normalized spacial score (nSPS) is 21.3. The van der Waals surface area contributed by atoms with E-state index in [-0.39, 0.29) is 0 Å². The van der Waals surface area contributed by atoms with Gasteiger partial charge in [0, 0.05) is 66.6 Å². The Labute approximate surface area is 190 Å². The Morgan fingerprint density at radius 2 is 1.88 bits per heavy atom. The van der Waals surface area contributed by atoms with E-state index in [0.29, 0.717) is 24.1 Å². The predicted octanol–water partition coefficient (Wildman–Crippen LogP) is 3.78. The molecule has 0 radical (unpaired) electrons. The number of hydrogen-bond donors (Lipinski definition) is 1. The molecule has 2 aromatic carbocycles. The van der Waals surface area contributed by atoms with Crippen molar-refractivity contribution in [2.45, 2.75) is 25.4 Å². The van der Waals surface area contributed by atoms with E-state index in [4.69, 9.17) is 0 Å². The molecule has 2 aliphatic heterocycles. The summed E-state index contributed by atoms with van der Waals surface area (Å²) in [6, 6.07) is 10.8. The zero-order chi connectivity index (χ0) is 22.4. The highest BCUT2D eigenvalue weighted by atomic mass is 19.1. The standard InChI is InChI=1S/C25H26F2N6/c26-20-2-1-18(23(27)9-20)12-31-13-19-6-8-32(25(19)14-31)7-5-17-11-28-24-4-3-21(10-22(17)24)33-15-29-30-16-33/h1-4,9-11,15-16,19,25,28H,5-8,12-14H2. The molecule has 1 N–H and O–H groups in total. The van der Waals surface area contributed by atoms with Crippen LogP contribution in [0.15, 0.2) is 55.2 Å². The van der Waals surface area contributed by atoms with E-state index < -0.39 is 11.6 Å². The maximum Gasteiger partial charge on any atom is 0.130 e. The lowest BCUT2D eigenvalue weighted by molar-refractivity contribution is 0.223. The molecule has 0 spiro atoms. The molecule has 4 aromatic rings. The zero-order valence-corrected chi connectivity index (χ0v) is 18.3. The van der Waals surface area contributed by atoms with Crippen LogP contribution >= 0.6 is 0 Å². The van der Waals surface area contributed by atoms with Gasteiger partial charge in [-0.2, -0.15) is 0 Å². The molecule has 4 heterocycles. The van der Waals surface area contributed by atoms with Crippen molar-refractivity contribution in [1.29, 1.82) is 0 Å². The first kappa shape index (κ1) is 20.5. The summed E-state index contributed by atoms with van der Waals surface area (Å²) in [7, 11) is 0. The number of H-pyrrole nitrogens is 1. The van der Waals surface area contributed by atoms with E-state index in [9.17, 15) is 8.78 Å². The van der Waals surface area contributed by atoms with Crippen LogP contribution in [0.4, 0.5) is 8.78 Å². The first-order valence-electron chi connectivity index (χ1n) is 11.5. The van der Waals surface area contributed by atoms with Gasteiger partial charge in [0.05, 0.1) is 0 Å². The number of nitrogens with one attached hydrogen (secondary N) is 1. The molecule has 33 heavy (non-hydrogen) atoms. The molecule has 2 unspecified atom stereocenters. The summed E-state index contributed by atoms with van der Waals surface area (Å²) in [4.78, 5) is 8.30. The predicted molar refractivity (Wildman–Crippen MR) is 122 cm³/mol. The lowest BCUT2D eigenvalue weighted by Gasteiger charge is -2.25. The second kappa shape index (κ2) is 8.35. The fourth-order valence-corrected chi connectivity index (χ4v) is 5.57.